The summed E-state index contributed by atoms with van der Waals surface area (Å²) < 4.78 is 0. The van der Waals surface area contributed by atoms with Crippen LogP contribution >= 0.6 is 0 Å². The number of nitrogens with zero attached hydrogens (tertiary/aromatic N) is 2. The molecule has 2 heterocycles. The molecule has 2 fully saturated rings. The minimum Gasteiger partial charge on any atom is -0.341 e. The molecule has 0 aromatic rings. The zero-order valence-electron chi connectivity index (χ0n) is 13.6. The highest BCUT2D eigenvalue weighted by Gasteiger charge is 2.49. The molecule has 0 spiro atoms. The summed E-state index contributed by atoms with van der Waals surface area (Å²) in [6.07, 6.45) is 2.87. The lowest BCUT2D eigenvalue weighted by molar-refractivity contribution is -0.139. The van der Waals surface area contributed by atoms with E-state index >= 15 is 0 Å². The maximum Gasteiger partial charge on any atom is 0.325 e. The fourth-order valence-electron chi connectivity index (χ4n) is 3.20. The van der Waals surface area contributed by atoms with Crippen LogP contribution in [0.3, 0.4) is 0 Å². The Morgan fingerprint density at radius 2 is 1.86 bits per heavy atom. The van der Waals surface area contributed by atoms with Crippen molar-refractivity contribution in [3.63, 3.8) is 0 Å². The van der Waals surface area contributed by atoms with Crippen molar-refractivity contribution in [2.75, 3.05) is 26.7 Å². The molecule has 0 atom stereocenters. The van der Waals surface area contributed by atoms with E-state index in [0.29, 0.717) is 32.0 Å². The first-order chi connectivity index (χ1) is 10.5. The van der Waals surface area contributed by atoms with Gasteiger partial charge in [0.2, 0.25) is 5.91 Å². The average Bonchev–Trinajstić information content (AvgIpc) is 2.79. The Hall–Kier alpha value is -1.63. The molecule has 124 valence electrons. The number of hydrogen-bond donors (Lipinski definition) is 2. The molecule has 2 aliphatic heterocycles. The van der Waals surface area contributed by atoms with Gasteiger partial charge in [-0.1, -0.05) is 13.8 Å². The Bertz CT molecular complexity index is 454. The monoisotopic (exact) mass is 310 g/mol. The maximum absolute atomic E-state index is 12.5. The fourth-order valence-corrected chi connectivity index (χ4v) is 3.20. The number of urea groups is 1. The second-order valence-electron chi connectivity index (χ2n) is 6.05. The molecule has 2 aliphatic rings. The second-order valence-corrected chi connectivity index (χ2v) is 6.05. The van der Waals surface area contributed by atoms with Crippen LogP contribution in [-0.4, -0.2) is 65.9 Å². The quantitative estimate of drug-likeness (QED) is 0.716. The lowest BCUT2D eigenvalue weighted by atomic mass is 9.93. The average molecular weight is 310 g/mol. The number of amides is 4. The van der Waals surface area contributed by atoms with Gasteiger partial charge >= 0.3 is 6.03 Å². The molecule has 0 aromatic heterocycles. The molecule has 0 saturated carbocycles. The summed E-state index contributed by atoms with van der Waals surface area (Å²) in [5.74, 6) is -0.429. The number of carbonyl (C=O) groups excluding carboxylic acids is 3. The van der Waals surface area contributed by atoms with E-state index in [4.69, 9.17) is 0 Å². The smallest absolute Gasteiger partial charge is 0.325 e. The van der Waals surface area contributed by atoms with Crippen molar-refractivity contribution in [1.29, 1.82) is 0 Å². The van der Waals surface area contributed by atoms with Crippen LogP contribution in [0.1, 0.15) is 39.5 Å². The molecule has 2 N–H and O–H groups in total. The zero-order valence-corrected chi connectivity index (χ0v) is 13.6. The van der Waals surface area contributed by atoms with Crippen molar-refractivity contribution in [2.45, 2.75) is 51.1 Å². The Morgan fingerprint density at radius 3 is 2.32 bits per heavy atom. The van der Waals surface area contributed by atoms with E-state index in [-0.39, 0.29) is 18.4 Å². The summed E-state index contributed by atoms with van der Waals surface area (Å²) in [6.45, 7) is 4.92. The van der Waals surface area contributed by atoms with Crippen molar-refractivity contribution >= 4 is 17.8 Å². The van der Waals surface area contributed by atoms with E-state index in [2.05, 4.69) is 10.6 Å². The number of imide groups is 1. The summed E-state index contributed by atoms with van der Waals surface area (Å²) in [6, 6.07) is -0.0132. The summed E-state index contributed by atoms with van der Waals surface area (Å²) in [4.78, 5) is 39.7. The van der Waals surface area contributed by atoms with E-state index in [1.807, 2.05) is 20.9 Å². The van der Waals surface area contributed by atoms with Crippen molar-refractivity contribution in [3.8, 4) is 0 Å². The number of nitrogens with one attached hydrogen (secondary N) is 2. The van der Waals surface area contributed by atoms with Crippen LogP contribution in [0.25, 0.3) is 0 Å². The SMILES string of the molecule is CCC1(CC)NC(=O)N(CC(=O)N2CCC(NC)CC2)C1=O. The predicted octanol–water partition coefficient (Wildman–Crippen LogP) is 0.307. The lowest BCUT2D eigenvalue weighted by Gasteiger charge is -2.32. The Balaban J connectivity index is 1.97. The number of rotatable bonds is 5. The molecule has 7 heteroatoms. The van der Waals surface area contributed by atoms with Crippen molar-refractivity contribution in [3.05, 3.63) is 0 Å². The number of hydrogen-bond acceptors (Lipinski definition) is 4. The van der Waals surface area contributed by atoms with Gasteiger partial charge in [-0.2, -0.15) is 0 Å². The minimum absolute atomic E-state index is 0.152. The molecule has 0 radical (unpaired) electrons. The van der Waals surface area contributed by atoms with Gasteiger partial charge in [0.1, 0.15) is 12.1 Å². The van der Waals surface area contributed by atoms with Gasteiger partial charge in [0.15, 0.2) is 0 Å². The molecule has 22 heavy (non-hydrogen) atoms. The summed E-state index contributed by atoms with van der Waals surface area (Å²) in [5, 5.41) is 5.96. The first kappa shape index (κ1) is 16.7. The normalized spacial score (nSPS) is 22.1. The van der Waals surface area contributed by atoms with E-state index in [9.17, 15) is 14.4 Å². The van der Waals surface area contributed by atoms with Gasteiger partial charge in [0.05, 0.1) is 0 Å². The molecular weight excluding hydrogens is 284 g/mol. The molecule has 2 saturated heterocycles. The molecule has 0 aliphatic carbocycles. The van der Waals surface area contributed by atoms with Gasteiger partial charge in [-0.15, -0.1) is 0 Å². The van der Waals surface area contributed by atoms with E-state index in [1.54, 1.807) is 4.90 Å². The van der Waals surface area contributed by atoms with E-state index in [1.165, 1.54) is 0 Å². The molecule has 2 rings (SSSR count). The van der Waals surface area contributed by atoms with E-state index in [0.717, 1.165) is 17.7 Å². The van der Waals surface area contributed by atoms with Crippen LogP contribution in [0.4, 0.5) is 4.79 Å². The molecule has 4 amide bonds. The first-order valence-corrected chi connectivity index (χ1v) is 8.06. The van der Waals surface area contributed by atoms with Crippen LogP contribution in [0.15, 0.2) is 0 Å². The van der Waals surface area contributed by atoms with Crippen LogP contribution in [-0.2, 0) is 9.59 Å². The molecular formula is C15H26N4O3. The van der Waals surface area contributed by atoms with Gasteiger partial charge in [-0.25, -0.2) is 4.79 Å². The van der Waals surface area contributed by atoms with Gasteiger partial charge in [-0.3, -0.25) is 14.5 Å². The maximum atomic E-state index is 12.5. The van der Waals surface area contributed by atoms with Gasteiger partial charge in [-0.05, 0) is 32.7 Å². The minimum atomic E-state index is -0.837. The number of piperidine rings is 1. The summed E-state index contributed by atoms with van der Waals surface area (Å²) in [7, 11) is 1.92. The molecule has 0 unspecified atom stereocenters. The van der Waals surface area contributed by atoms with Gasteiger partial charge < -0.3 is 15.5 Å². The van der Waals surface area contributed by atoms with Crippen molar-refractivity contribution < 1.29 is 14.4 Å². The second kappa shape index (κ2) is 6.64. The topological polar surface area (TPSA) is 81.8 Å². The first-order valence-electron chi connectivity index (χ1n) is 8.06. The lowest BCUT2D eigenvalue weighted by Crippen LogP contribution is -2.49. The van der Waals surface area contributed by atoms with Crippen molar-refractivity contribution in [1.82, 2.24) is 20.4 Å². The zero-order chi connectivity index (χ0) is 16.3. The van der Waals surface area contributed by atoms with Crippen LogP contribution in [0, 0.1) is 0 Å². The molecule has 0 bridgehead atoms. The molecule has 0 aromatic carbocycles. The van der Waals surface area contributed by atoms with Crippen LogP contribution in [0.5, 0.6) is 0 Å². The summed E-state index contributed by atoms with van der Waals surface area (Å²) in [5.41, 5.74) is -0.837. The third kappa shape index (κ3) is 2.95. The third-order valence-corrected chi connectivity index (χ3v) is 5.00. The standard InChI is InChI=1S/C15H26N4O3/c1-4-15(5-2)13(21)19(14(22)17-15)10-12(20)18-8-6-11(16-3)7-9-18/h11,16H,4-10H2,1-3H3,(H,17,22). The third-order valence-electron chi connectivity index (χ3n) is 5.00. The van der Waals surface area contributed by atoms with Gasteiger partial charge in [0.25, 0.3) is 5.91 Å². The number of likely N-dealkylation sites (tertiary alicyclic amines) is 1. The van der Waals surface area contributed by atoms with Crippen LogP contribution in [0.2, 0.25) is 0 Å². The Morgan fingerprint density at radius 1 is 1.27 bits per heavy atom. The van der Waals surface area contributed by atoms with Gasteiger partial charge in [0, 0.05) is 19.1 Å². The van der Waals surface area contributed by atoms with Crippen molar-refractivity contribution in [2.24, 2.45) is 0 Å². The largest absolute Gasteiger partial charge is 0.341 e. The highest BCUT2D eigenvalue weighted by molar-refractivity contribution is 6.08. The summed E-state index contributed by atoms with van der Waals surface area (Å²) >= 11 is 0. The fraction of sp³-hybridized carbons (Fsp3) is 0.800. The van der Waals surface area contributed by atoms with Crippen LogP contribution < -0.4 is 10.6 Å². The Labute approximate surface area is 131 Å². The predicted molar refractivity (Wildman–Crippen MR) is 82.2 cm³/mol. The highest BCUT2D eigenvalue weighted by atomic mass is 16.2. The highest BCUT2D eigenvalue weighted by Crippen LogP contribution is 2.25. The van der Waals surface area contributed by atoms with E-state index < -0.39 is 11.6 Å². The Kier molecular flexibility index (Phi) is 5.05. The molecule has 7 nitrogen and oxygen atoms in total. The number of carbonyl (C=O) groups is 3.